The molecule has 1 amide bonds. The number of hydrogen-bond donors (Lipinski definition) is 2. The zero-order valence-electron chi connectivity index (χ0n) is 8.91. The van der Waals surface area contributed by atoms with Gasteiger partial charge in [-0.25, -0.2) is 0 Å². The Morgan fingerprint density at radius 3 is 2.71 bits per heavy atom. The van der Waals surface area contributed by atoms with E-state index in [1.165, 1.54) is 0 Å². The van der Waals surface area contributed by atoms with Gasteiger partial charge in [-0.15, -0.1) is 0 Å². The van der Waals surface area contributed by atoms with Crippen LogP contribution in [0.15, 0.2) is 0 Å². The second kappa shape index (κ2) is 7.94. The van der Waals surface area contributed by atoms with E-state index in [1.807, 2.05) is 0 Å². The van der Waals surface area contributed by atoms with Crippen molar-refractivity contribution in [2.24, 2.45) is 5.73 Å². The molecule has 0 aliphatic carbocycles. The molecule has 84 valence electrons. The highest BCUT2D eigenvalue weighted by Gasteiger charge is 2.11. The molecule has 0 rings (SSSR count). The van der Waals surface area contributed by atoms with Crippen molar-refractivity contribution >= 4 is 16.7 Å². The predicted octanol–water partition coefficient (Wildman–Crippen LogP) is -0.00140. The van der Waals surface area contributed by atoms with Crippen LogP contribution in [-0.2, 0) is 15.6 Å². The lowest BCUT2D eigenvalue weighted by molar-refractivity contribution is -0.122. The minimum absolute atomic E-state index is 0.135. The summed E-state index contributed by atoms with van der Waals surface area (Å²) in [7, 11) is -0.856. The van der Waals surface area contributed by atoms with Crippen LogP contribution in [0.5, 0.6) is 0 Å². The molecule has 3 N–H and O–H groups in total. The summed E-state index contributed by atoms with van der Waals surface area (Å²) in [6, 6.07) is -0.416. The number of amides is 1. The lowest BCUT2D eigenvalue weighted by Crippen LogP contribution is -2.41. The Kier molecular flexibility index (Phi) is 7.70. The van der Waals surface area contributed by atoms with Crippen LogP contribution in [-0.4, -0.2) is 34.7 Å². The summed E-state index contributed by atoms with van der Waals surface area (Å²) in [6.45, 7) is 2.51. The first-order valence-electron chi connectivity index (χ1n) is 4.91. The van der Waals surface area contributed by atoms with Gasteiger partial charge >= 0.3 is 0 Å². The van der Waals surface area contributed by atoms with Gasteiger partial charge in [-0.3, -0.25) is 9.00 Å². The Hall–Kier alpha value is -0.420. The predicted molar refractivity (Wildman–Crippen MR) is 59.4 cm³/mol. The molecule has 0 radical (unpaired) electrons. The van der Waals surface area contributed by atoms with Crippen molar-refractivity contribution in [3.63, 3.8) is 0 Å². The molecule has 0 saturated heterocycles. The number of nitrogens with one attached hydrogen (secondary N) is 1. The fourth-order valence-corrected chi connectivity index (χ4v) is 1.39. The molecule has 0 spiro atoms. The summed E-state index contributed by atoms with van der Waals surface area (Å²) in [5.74, 6) is 0.357. The molecule has 4 nitrogen and oxygen atoms in total. The van der Waals surface area contributed by atoms with Crippen LogP contribution in [0, 0.1) is 0 Å². The summed E-state index contributed by atoms with van der Waals surface area (Å²) in [6.07, 6.45) is 4.34. The summed E-state index contributed by atoms with van der Waals surface area (Å²) < 4.78 is 10.7. The number of unbranched alkanes of at least 4 members (excludes halogenated alkanes) is 1. The average molecular weight is 220 g/mol. The van der Waals surface area contributed by atoms with Gasteiger partial charge in [0, 0.05) is 29.4 Å². The molecular weight excluding hydrogens is 200 g/mol. The van der Waals surface area contributed by atoms with Gasteiger partial charge in [0.2, 0.25) is 5.91 Å². The molecule has 5 heteroatoms. The van der Waals surface area contributed by atoms with Gasteiger partial charge in [-0.1, -0.05) is 19.8 Å². The van der Waals surface area contributed by atoms with E-state index in [2.05, 4.69) is 12.2 Å². The normalized spacial score (nSPS) is 14.8. The van der Waals surface area contributed by atoms with Crippen LogP contribution in [0.25, 0.3) is 0 Å². The van der Waals surface area contributed by atoms with Gasteiger partial charge < -0.3 is 11.1 Å². The lowest BCUT2D eigenvalue weighted by atomic mass is 10.1. The standard InChI is InChI=1S/C9H20N2O2S/c1-3-4-5-8(10)9(12)11-6-7-14(2)13/h8H,3-7,10H2,1-2H3,(H,11,12). The van der Waals surface area contributed by atoms with Crippen molar-refractivity contribution in [1.82, 2.24) is 5.32 Å². The van der Waals surface area contributed by atoms with Gasteiger partial charge in [-0.2, -0.15) is 0 Å². The second-order valence-corrected chi connectivity index (χ2v) is 4.87. The van der Waals surface area contributed by atoms with E-state index in [4.69, 9.17) is 5.73 Å². The van der Waals surface area contributed by atoms with Gasteiger partial charge in [-0.05, 0) is 6.42 Å². The zero-order valence-corrected chi connectivity index (χ0v) is 9.73. The molecule has 0 aliphatic heterocycles. The SMILES string of the molecule is CCCCC(N)C(=O)NCCS(C)=O. The molecule has 0 bridgehead atoms. The third-order valence-corrected chi connectivity index (χ3v) is 2.67. The highest BCUT2D eigenvalue weighted by atomic mass is 32.2. The number of carbonyl (C=O) groups is 1. The minimum atomic E-state index is -0.856. The van der Waals surface area contributed by atoms with Gasteiger partial charge in [0.05, 0.1) is 6.04 Å². The molecule has 2 atom stereocenters. The van der Waals surface area contributed by atoms with Crippen LogP contribution in [0.2, 0.25) is 0 Å². The zero-order chi connectivity index (χ0) is 11.0. The third-order valence-electron chi connectivity index (χ3n) is 1.89. The van der Waals surface area contributed by atoms with Gasteiger partial charge in [0.25, 0.3) is 0 Å². The van der Waals surface area contributed by atoms with Crippen LogP contribution < -0.4 is 11.1 Å². The fourth-order valence-electron chi connectivity index (χ4n) is 1.00. The number of carbonyl (C=O) groups excluding carboxylic acids is 1. The van der Waals surface area contributed by atoms with Crippen molar-refractivity contribution in [3.8, 4) is 0 Å². The van der Waals surface area contributed by atoms with Crippen molar-refractivity contribution in [2.45, 2.75) is 32.2 Å². The molecular formula is C9H20N2O2S. The van der Waals surface area contributed by atoms with Crippen LogP contribution in [0.3, 0.4) is 0 Å². The molecule has 0 aromatic heterocycles. The first-order valence-corrected chi connectivity index (χ1v) is 6.64. The maximum Gasteiger partial charge on any atom is 0.236 e. The van der Waals surface area contributed by atoms with E-state index in [9.17, 15) is 9.00 Å². The minimum Gasteiger partial charge on any atom is -0.354 e. The van der Waals surface area contributed by atoms with Crippen molar-refractivity contribution in [2.75, 3.05) is 18.6 Å². The molecule has 2 unspecified atom stereocenters. The summed E-state index contributed by atoms with van der Waals surface area (Å²) in [5, 5.41) is 2.67. The van der Waals surface area contributed by atoms with E-state index in [-0.39, 0.29) is 5.91 Å². The smallest absolute Gasteiger partial charge is 0.236 e. The Bertz CT molecular complexity index is 197. The second-order valence-electron chi connectivity index (χ2n) is 3.32. The molecule has 0 saturated carbocycles. The first kappa shape index (κ1) is 13.6. The number of nitrogens with two attached hydrogens (primary N) is 1. The Balaban J connectivity index is 3.56. The summed E-state index contributed by atoms with van der Waals surface area (Å²) >= 11 is 0. The van der Waals surface area contributed by atoms with E-state index in [0.29, 0.717) is 12.3 Å². The Labute approximate surface area is 88.1 Å². The Morgan fingerprint density at radius 2 is 2.21 bits per heavy atom. The Morgan fingerprint density at radius 1 is 1.57 bits per heavy atom. The summed E-state index contributed by atoms with van der Waals surface area (Å²) in [5.41, 5.74) is 5.63. The van der Waals surface area contributed by atoms with E-state index < -0.39 is 16.8 Å². The van der Waals surface area contributed by atoms with Crippen LogP contribution in [0.4, 0.5) is 0 Å². The maximum absolute atomic E-state index is 11.3. The largest absolute Gasteiger partial charge is 0.354 e. The summed E-state index contributed by atoms with van der Waals surface area (Å²) in [4.78, 5) is 11.3. The van der Waals surface area contributed by atoms with Crippen LogP contribution >= 0.6 is 0 Å². The highest BCUT2D eigenvalue weighted by molar-refractivity contribution is 7.84. The molecule has 0 aromatic carbocycles. The van der Waals surface area contributed by atoms with Crippen molar-refractivity contribution < 1.29 is 9.00 Å². The average Bonchev–Trinajstić information content (AvgIpc) is 2.13. The van der Waals surface area contributed by atoms with E-state index >= 15 is 0 Å². The van der Waals surface area contributed by atoms with E-state index in [1.54, 1.807) is 6.26 Å². The molecule has 0 aliphatic rings. The monoisotopic (exact) mass is 220 g/mol. The van der Waals surface area contributed by atoms with Crippen LogP contribution in [0.1, 0.15) is 26.2 Å². The molecule has 0 fully saturated rings. The quantitative estimate of drug-likeness (QED) is 0.634. The fraction of sp³-hybridized carbons (Fsp3) is 0.889. The molecule has 14 heavy (non-hydrogen) atoms. The molecule has 0 heterocycles. The number of hydrogen-bond acceptors (Lipinski definition) is 3. The van der Waals surface area contributed by atoms with Crippen molar-refractivity contribution in [3.05, 3.63) is 0 Å². The lowest BCUT2D eigenvalue weighted by Gasteiger charge is -2.10. The topological polar surface area (TPSA) is 72.2 Å². The maximum atomic E-state index is 11.3. The number of rotatable bonds is 7. The van der Waals surface area contributed by atoms with Gasteiger partial charge in [0.1, 0.15) is 0 Å². The van der Waals surface area contributed by atoms with E-state index in [0.717, 1.165) is 19.3 Å². The first-order chi connectivity index (χ1) is 6.57. The highest BCUT2D eigenvalue weighted by Crippen LogP contribution is 1.97. The van der Waals surface area contributed by atoms with Gasteiger partial charge in [0.15, 0.2) is 0 Å². The molecule has 0 aromatic rings. The van der Waals surface area contributed by atoms with Crippen molar-refractivity contribution in [1.29, 1.82) is 0 Å². The third kappa shape index (κ3) is 7.03.